The van der Waals surface area contributed by atoms with E-state index in [-0.39, 0.29) is 5.46 Å². The molecule has 2 rings (SSSR count). The van der Waals surface area contributed by atoms with Gasteiger partial charge in [-0.1, -0.05) is 17.8 Å². The molecule has 0 bridgehead atoms. The Bertz CT molecular complexity index is 566. The average Bonchev–Trinajstić information content (AvgIpc) is 2.39. The van der Waals surface area contributed by atoms with Crippen molar-refractivity contribution >= 4 is 24.3 Å². The van der Waals surface area contributed by atoms with Crippen LogP contribution in [0.25, 0.3) is 0 Å². The molecular formula is C12H12BFN2O2S. The van der Waals surface area contributed by atoms with Crippen LogP contribution in [0, 0.1) is 12.7 Å². The van der Waals surface area contributed by atoms with Gasteiger partial charge in [-0.2, -0.15) is 0 Å². The Morgan fingerprint density at radius 2 is 1.95 bits per heavy atom. The molecule has 19 heavy (non-hydrogen) atoms. The lowest BCUT2D eigenvalue weighted by Crippen LogP contribution is -2.33. The first-order valence-corrected chi connectivity index (χ1v) is 6.61. The number of aromatic nitrogens is 2. The summed E-state index contributed by atoms with van der Waals surface area (Å²) in [6.07, 6.45) is 3.42. The van der Waals surface area contributed by atoms with E-state index >= 15 is 0 Å². The van der Waals surface area contributed by atoms with Crippen molar-refractivity contribution in [1.29, 1.82) is 0 Å². The highest BCUT2D eigenvalue weighted by Crippen LogP contribution is 2.18. The lowest BCUT2D eigenvalue weighted by molar-refractivity contribution is 0.425. The summed E-state index contributed by atoms with van der Waals surface area (Å²) >= 11 is 1.35. The number of rotatable bonds is 4. The Kier molecular flexibility index (Phi) is 4.52. The van der Waals surface area contributed by atoms with Gasteiger partial charge in [0.15, 0.2) is 5.16 Å². The highest BCUT2D eigenvalue weighted by atomic mass is 32.2. The third kappa shape index (κ3) is 3.76. The quantitative estimate of drug-likeness (QED) is 0.494. The number of hydrogen-bond donors (Lipinski definition) is 2. The summed E-state index contributed by atoms with van der Waals surface area (Å²) in [5.41, 5.74) is 1.78. The van der Waals surface area contributed by atoms with E-state index < -0.39 is 12.9 Å². The number of halogens is 1. The zero-order valence-corrected chi connectivity index (χ0v) is 11.1. The van der Waals surface area contributed by atoms with Gasteiger partial charge in [0.2, 0.25) is 0 Å². The molecule has 0 atom stereocenters. The second-order valence-electron chi connectivity index (χ2n) is 4.05. The fraction of sp³-hybridized carbons (Fsp3) is 0.167. The van der Waals surface area contributed by atoms with Crippen LogP contribution in [-0.2, 0) is 5.75 Å². The molecule has 0 spiro atoms. The van der Waals surface area contributed by atoms with Gasteiger partial charge in [0.05, 0.1) is 0 Å². The Morgan fingerprint density at radius 3 is 2.58 bits per heavy atom. The maximum absolute atomic E-state index is 13.1. The number of nitrogens with zero attached hydrogens (tertiary/aromatic N) is 2. The molecule has 0 unspecified atom stereocenters. The molecular weight excluding hydrogens is 266 g/mol. The molecule has 0 saturated heterocycles. The largest absolute Gasteiger partial charge is 0.488 e. The molecule has 0 fully saturated rings. The zero-order valence-electron chi connectivity index (χ0n) is 10.2. The molecule has 1 aromatic carbocycles. The zero-order chi connectivity index (χ0) is 13.8. The number of aryl methyl sites for hydroxylation is 1. The normalized spacial score (nSPS) is 10.5. The van der Waals surface area contributed by atoms with Gasteiger partial charge >= 0.3 is 7.12 Å². The molecule has 0 amide bonds. The van der Waals surface area contributed by atoms with Gasteiger partial charge in [0, 0.05) is 18.1 Å². The summed E-state index contributed by atoms with van der Waals surface area (Å²) in [5.74, 6) is -0.0561. The summed E-state index contributed by atoms with van der Waals surface area (Å²) < 4.78 is 13.1. The monoisotopic (exact) mass is 278 g/mol. The SMILES string of the molecule is Cc1cnc(SCc2ccc(F)cc2B(O)O)nc1. The van der Waals surface area contributed by atoms with Gasteiger partial charge in [-0.05, 0) is 35.6 Å². The molecule has 7 heteroatoms. The van der Waals surface area contributed by atoms with E-state index in [0.29, 0.717) is 16.5 Å². The first-order valence-electron chi connectivity index (χ1n) is 5.62. The third-order valence-electron chi connectivity index (χ3n) is 2.50. The lowest BCUT2D eigenvalue weighted by atomic mass is 9.77. The summed E-state index contributed by atoms with van der Waals surface area (Å²) in [4.78, 5) is 8.28. The van der Waals surface area contributed by atoms with Crippen LogP contribution < -0.4 is 5.46 Å². The van der Waals surface area contributed by atoms with Crippen molar-refractivity contribution in [2.24, 2.45) is 0 Å². The van der Waals surface area contributed by atoms with Crippen molar-refractivity contribution in [3.63, 3.8) is 0 Å². The van der Waals surface area contributed by atoms with Crippen LogP contribution in [0.4, 0.5) is 4.39 Å². The first kappa shape index (κ1) is 14.0. The van der Waals surface area contributed by atoms with E-state index in [2.05, 4.69) is 9.97 Å². The molecule has 0 aliphatic carbocycles. The van der Waals surface area contributed by atoms with E-state index in [4.69, 9.17) is 0 Å². The standard InChI is InChI=1S/C12H12BFN2O2S/c1-8-5-15-12(16-6-8)19-7-9-2-3-10(14)4-11(9)13(17)18/h2-6,17-18H,7H2,1H3. The minimum atomic E-state index is -1.69. The number of benzene rings is 1. The maximum atomic E-state index is 13.1. The first-order chi connectivity index (χ1) is 9.06. The second kappa shape index (κ2) is 6.14. The molecule has 1 aromatic heterocycles. The Balaban J connectivity index is 2.13. The molecule has 98 valence electrons. The predicted molar refractivity (Wildman–Crippen MR) is 72.6 cm³/mol. The fourth-order valence-corrected chi connectivity index (χ4v) is 2.34. The fourth-order valence-electron chi connectivity index (χ4n) is 1.54. The van der Waals surface area contributed by atoms with Crippen molar-refractivity contribution < 1.29 is 14.4 Å². The van der Waals surface area contributed by atoms with Crippen LogP contribution in [0.1, 0.15) is 11.1 Å². The maximum Gasteiger partial charge on any atom is 0.488 e. The Labute approximate surface area is 114 Å². The van der Waals surface area contributed by atoms with Gasteiger partial charge in [-0.3, -0.25) is 0 Å². The summed E-state index contributed by atoms with van der Waals surface area (Å²) in [5, 5.41) is 19.0. The number of thioether (sulfide) groups is 1. The van der Waals surface area contributed by atoms with Crippen LogP contribution in [0.3, 0.4) is 0 Å². The third-order valence-corrected chi connectivity index (χ3v) is 3.42. The van der Waals surface area contributed by atoms with Gasteiger partial charge < -0.3 is 10.0 Å². The minimum Gasteiger partial charge on any atom is -0.423 e. The molecule has 0 saturated carbocycles. The van der Waals surface area contributed by atoms with E-state index in [0.717, 1.165) is 11.6 Å². The molecule has 0 aliphatic heterocycles. The van der Waals surface area contributed by atoms with Crippen molar-refractivity contribution in [2.75, 3.05) is 0 Å². The van der Waals surface area contributed by atoms with E-state index in [9.17, 15) is 14.4 Å². The lowest BCUT2D eigenvalue weighted by Gasteiger charge is -2.08. The average molecular weight is 278 g/mol. The van der Waals surface area contributed by atoms with Gasteiger partial charge in [0.25, 0.3) is 0 Å². The van der Waals surface area contributed by atoms with E-state index in [1.54, 1.807) is 12.4 Å². The molecule has 2 N–H and O–H groups in total. The second-order valence-corrected chi connectivity index (χ2v) is 4.99. The van der Waals surface area contributed by atoms with Gasteiger partial charge in [0.1, 0.15) is 5.82 Å². The predicted octanol–water partition coefficient (Wildman–Crippen LogP) is 0.896. The topological polar surface area (TPSA) is 66.2 Å². The molecule has 2 aromatic rings. The van der Waals surface area contributed by atoms with E-state index in [1.807, 2.05) is 6.92 Å². The molecule has 1 heterocycles. The van der Waals surface area contributed by atoms with Crippen LogP contribution in [0.15, 0.2) is 35.7 Å². The highest BCUT2D eigenvalue weighted by molar-refractivity contribution is 7.98. The van der Waals surface area contributed by atoms with Crippen molar-refractivity contribution in [3.8, 4) is 0 Å². The van der Waals surface area contributed by atoms with Crippen LogP contribution in [0.2, 0.25) is 0 Å². The van der Waals surface area contributed by atoms with Crippen LogP contribution in [0.5, 0.6) is 0 Å². The smallest absolute Gasteiger partial charge is 0.423 e. The molecule has 0 radical (unpaired) electrons. The Morgan fingerprint density at radius 1 is 1.26 bits per heavy atom. The number of hydrogen-bond acceptors (Lipinski definition) is 5. The molecule has 0 aliphatic rings. The summed E-state index contributed by atoms with van der Waals surface area (Å²) in [6.45, 7) is 1.90. The van der Waals surface area contributed by atoms with E-state index in [1.165, 1.54) is 23.9 Å². The summed E-state index contributed by atoms with van der Waals surface area (Å²) in [6, 6.07) is 3.94. The van der Waals surface area contributed by atoms with Crippen LogP contribution in [-0.4, -0.2) is 27.1 Å². The van der Waals surface area contributed by atoms with Crippen molar-refractivity contribution in [3.05, 3.63) is 47.5 Å². The minimum absolute atomic E-state index is 0.166. The van der Waals surface area contributed by atoms with Crippen molar-refractivity contribution in [1.82, 2.24) is 9.97 Å². The van der Waals surface area contributed by atoms with Gasteiger partial charge in [-0.15, -0.1) is 0 Å². The highest BCUT2D eigenvalue weighted by Gasteiger charge is 2.17. The summed E-state index contributed by atoms with van der Waals surface area (Å²) in [7, 11) is -1.69. The molecule has 4 nitrogen and oxygen atoms in total. The Hall–Kier alpha value is -1.44. The van der Waals surface area contributed by atoms with Crippen LogP contribution >= 0.6 is 11.8 Å². The van der Waals surface area contributed by atoms with Crippen molar-refractivity contribution in [2.45, 2.75) is 17.8 Å². The van der Waals surface area contributed by atoms with Gasteiger partial charge in [-0.25, -0.2) is 14.4 Å².